The molecule has 0 saturated carbocycles. The fourth-order valence-corrected chi connectivity index (χ4v) is 3.09. The van der Waals surface area contributed by atoms with Crippen LogP contribution in [-0.2, 0) is 10.2 Å². The van der Waals surface area contributed by atoms with E-state index >= 15 is 0 Å². The van der Waals surface area contributed by atoms with Crippen molar-refractivity contribution in [1.82, 2.24) is 20.3 Å². The number of unbranched alkanes of at least 4 members (excludes halogenated alkanes) is 1. The molecule has 0 aliphatic carbocycles. The molecule has 0 unspecified atom stereocenters. The number of H-pyrrole nitrogens is 1. The lowest BCUT2D eigenvalue weighted by Crippen LogP contribution is -2.41. The summed E-state index contributed by atoms with van der Waals surface area (Å²) >= 11 is 5.97. The number of hydrogen-bond acceptors (Lipinski definition) is 4. The van der Waals surface area contributed by atoms with Crippen molar-refractivity contribution in [3.8, 4) is 28.3 Å². The van der Waals surface area contributed by atoms with Crippen LogP contribution in [0.3, 0.4) is 0 Å². The number of imidazole rings is 1. The van der Waals surface area contributed by atoms with Crippen molar-refractivity contribution in [1.29, 1.82) is 0 Å². The lowest BCUT2D eigenvalue weighted by atomic mass is 9.91. The third-order valence-electron chi connectivity index (χ3n) is 4.87. The van der Waals surface area contributed by atoms with Crippen molar-refractivity contribution < 1.29 is 9.90 Å². The fourth-order valence-electron chi connectivity index (χ4n) is 2.97. The van der Waals surface area contributed by atoms with Gasteiger partial charge in [0, 0.05) is 30.1 Å². The Morgan fingerprint density at radius 1 is 1.21 bits per heavy atom. The number of aromatic amines is 1. The van der Waals surface area contributed by atoms with Gasteiger partial charge in [-0.15, -0.1) is 0 Å². The first-order valence-electron chi connectivity index (χ1n) is 9.62. The van der Waals surface area contributed by atoms with E-state index in [4.69, 9.17) is 16.6 Å². The average molecular weight is 413 g/mol. The van der Waals surface area contributed by atoms with E-state index in [9.17, 15) is 9.90 Å². The Labute approximate surface area is 175 Å². The van der Waals surface area contributed by atoms with Gasteiger partial charge in [0.2, 0.25) is 5.91 Å². The van der Waals surface area contributed by atoms with Crippen LogP contribution < -0.4 is 5.32 Å². The number of nitrogens with one attached hydrogen (secondary N) is 2. The summed E-state index contributed by atoms with van der Waals surface area (Å²) < 4.78 is 0. The highest BCUT2D eigenvalue weighted by atomic mass is 35.5. The van der Waals surface area contributed by atoms with E-state index in [1.165, 1.54) is 0 Å². The number of benzene rings is 1. The monoisotopic (exact) mass is 412 g/mol. The number of nitrogens with zero attached hydrogens (tertiary/aromatic N) is 2. The molecule has 0 fully saturated rings. The minimum Gasteiger partial charge on any atom is -0.506 e. The van der Waals surface area contributed by atoms with E-state index < -0.39 is 5.41 Å². The summed E-state index contributed by atoms with van der Waals surface area (Å²) in [5.41, 5.74) is 2.10. The molecule has 0 spiro atoms. The zero-order valence-electron chi connectivity index (χ0n) is 16.8. The SMILES string of the molecule is CCCCNC(=O)C(C)(C)c1nc(-c2ccc(Cl)c(O)c2)c(-c2ccncc2)[nH]1. The van der Waals surface area contributed by atoms with Crippen LogP contribution in [0.15, 0.2) is 42.7 Å². The van der Waals surface area contributed by atoms with Crippen LogP contribution in [0, 0.1) is 0 Å². The number of aromatic hydroxyl groups is 1. The highest BCUT2D eigenvalue weighted by Gasteiger charge is 2.34. The minimum absolute atomic E-state index is 0.0223. The summed E-state index contributed by atoms with van der Waals surface area (Å²) in [6.45, 7) is 6.40. The Bertz CT molecular complexity index is 999. The van der Waals surface area contributed by atoms with Gasteiger partial charge in [-0.2, -0.15) is 0 Å². The molecular formula is C22H25ClN4O2. The predicted molar refractivity (Wildman–Crippen MR) is 115 cm³/mol. The van der Waals surface area contributed by atoms with Gasteiger partial charge >= 0.3 is 0 Å². The number of carbonyl (C=O) groups is 1. The number of carbonyl (C=O) groups excluding carboxylic acids is 1. The van der Waals surface area contributed by atoms with Gasteiger partial charge in [0.1, 0.15) is 17.0 Å². The third-order valence-corrected chi connectivity index (χ3v) is 5.19. The van der Waals surface area contributed by atoms with E-state index in [-0.39, 0.29) is 16.7 Å². The molecule has 0 saturated heterocycles. The van der Waals surface area contributed by atoms with Crippen molar-refractivity contribution in [2.45, 2.75) is 39.0 Å². The lowest BCUT2D eigenvalue weighted by Gasteiger charge is -2.21. The van der Waals surface area contributed by atoms with E-state index in [1.54, 1.807) is 30.6 Å². The Balaban J connectivity index is 2.07. The standard InChI is InChI=1S/C22H25ClN4O2/c1-4-5-10-25-21(29)22(2,3)20-26-18(14-8-11-24-12-9-14)19(27-20)15-6-7-16(23)17(28)13-15/h6-9,11-13,28H,4-5,10H2,1-3H3,(H,25,29)(H,26,27). The maximum atomic E-state index is 12.8. The van der Waals surface area contributed by atoms with Crippen LogP contribution >= 0.6 is 11.6 Å². The summed E-state index contributed by atoms with van der Waals surface area (Å²) in [6, 6.07) is 8.72. The zero-order chi connectivity index (χ0) is 21.0. The molecule has 3 rings (SSSR count). The van der Waals surface area contributed by atoms with Gasteiger partial charge in [-0.1, -0.05) is 31.0 Å². The molecular weight excluding hydrogens is 388 g/mol. The number of hydrogen-bond donors (Lipinski definition) is 3. The van der Waals surface area contributed by atoms with Crippen LogP contribution in [-0.4, -0.2) is 32.5 Å². The van der Waals surface area contributed by atoms with Crippen molar-refractivity contribution in [3.63, 3.8) is 0 Å². The number of rotatable bonds is 7. The van der Waals surface area contributed by atoms with Crippen LogP contribution in [0.2, 0.25) is 5.02 Å². The summed E-state index contributed by atoms with van der Waals surface area (Å²) in [4.78, 5) is 24.9. The van der Waals surface area contributed by atoms with Crippen molar-refractivity contribution in [3.05, 3.63) is 53.6 Å². The number of halogens is 1. The smallest absolute Gasteiger partial charge is 0.233 e. The van der Waals surface area contributed by atoms with Crippen molar-refractivity contribution in [2.24, 2.45) is 0 Å². The number of aromatic nitrogens is 3. The van der Waals surface area contributed by atoms with Crippen molar-refractivity contribution in [2.75, 3.05) is 6.54 Å². The van der Waals surface area contributed by atoms with Crippen LogP contribution in [0.5, 0.6) is 5.75 Å². The molecule has 3 aromatic rings. The van der Waals surface area contributed by atoms with Gasteiger partial charge in [0.15, 0.2) is 0 Å². The number of pyridine rings is 1. The highest BCUT2D eigenvalue weighted by molar-refractivity contribution is 6.32. The first-order chi connectivity index (χ1) is 13.8. The molecule has 3 N–H and O–H groups in total. The summed E-state index contributed by atoms with van der Waals surface area (Å²) in [5.74, 6) is 0.431. The molecule has 0 radical (unpaired) electrons. The minimum atomic E-state index is -0.859. The predicted octanol–water partition coefficient (Wildman–Crippen LogP) is 4.69. The maximum absolute atomic E-state index is 12.8. The molecule has 2 aromatic heterocycles. The Morgan fingerprint density at radius 2 is 1.93 bits per heavy atom. The van der Waals surface area contributed by atoms with Crippen LogP contribution in [0.25, 0.3) is 22.5 Å². The van der Waals surface area contributed by atoms with Crippen molar-refractivity contribution >= 4 is 17.5 Å². The second-order valence-corrected chi connectivity index (χ2v) is 7.85. The maximum Gasteiger partial charge on any atom is 0.233 e. The van der Waals surface area contributed by atoms with Gasteiger partial charge in [0.05, 0.1) is 16.4 Å². The quantitative estimate of drug-likeness (QED) is 0.491. The summed E-state index contributed by atoms with van der Waals surface area (Å²) in [7, 11) is 0. The van der Waals surface area contributed by atoms with Gasteiger partial charge in [0.25, 0.3) is 0 Å². The van der Waals surface area contributed by atoms with Gasteiger partial charge in [-0.3, -0.25) is 9.78 Å². The highest BCUT2D eigenvalue weighted by Crippen LogP contribution is 2.36. The Morgan fingerprint density at radius 3 is 2.59 bits per heavy atom. The Kier molecular flexibility index (Phi) is 6.23. The normalized spacial score (nSPS) is 11.4. The first-order valence-corrected chi connectivity index (χ1v) is 10.0. The second-order valence-electron chi connectivity index (χ2n) is 7.45. The molecule has 1 aromatic carbocycles. The van der Waals surface area contributed by atoms with Crippen LogP contribution in [0.4, 0.5) is 0 Å². The Hall–Kier alpha value is -2.86. The van der Waals surface area contributed by atoms with E-state index in [2.05, 4.69) is 22.2 Å². The van der Waals surface area contributed by atoms with E-state index in [1.807, 2.05) is 26.0 Å². The van der Waals surface area contributed by atoms with Crippen LogP contribution in [0.1, 0.15) is 39.4 Å². The van der Waals surface area contributed by atoms with E-state index in [0.29, 0.717) is 23.6 Å². The molecule has 0 atom stereocenters. The molecule has 0 aliphatic heterocycles. The van der Waals surface area contributed by atoms with Gasteiger partial charge < -0.3 is 15.4 Å². The molecule has 29 heavy (non-hydrogen) atoms. The van der Waals surface area contributed by atoms with Gasteiger partial charge in [-0.05, 0) is 44.5 Å². The summed E-state index contributed by atoms with van der Waals surface area (Å²) in [6.07, 6.45) is 5.33. The molecule has 6 nitrogen and oxygen atoms in total. The molecule has 0 bridgehead atoms. The average Bonchev–Trinajstić information content (AvgIpc) is 3.17. The summed E-state index contributed by atoms with van der Waals surface area (Å²) in [5, 5.41) is 13.3. The first kappa shape index (κ1) is 20.9. The number of amides is 1. The number of phenols is 1. The lowest BCUT2D eigenvalue weighted by molar-refractivity contribution is -0.125. The van der Waals surface area contributed by atoms with E-state index in [0.717, 1.165) is 24.1 Å². The molecule has 152 valence electrons. The van der Waals surface area contributed by atoms with Gasteiger partial charge in [-0.25, -0.2) is 4.98 Å². The topological polar surface area (TPSA) is 90.9 Å². The largest absolute Gasteiger partial charge is 0.506 e. The number of phenolic OH excluding ortho intramolecular Hbond substituents is 1. The molecule has 2 heterocycles. The molecule has 1 amide bonds. The molecule has 7 heteroatoms. The third kappa shape index (κ3) is 4.43. The zero-order valence-corrected chi connectivity index (χ0v) is 17.5. The second kappa shape index (κ2) is 8.66. The molecule has 0 aliphatic rings. The fraction of sp³-hybridized carbons (Fsp3) is 0.318.